The van der Waals surface area contributed by atoms with E-state index in [1.54, 1.807) is 6.07 Å². The minimum atomic E-state index is -0.193. The zero-order valence-corrected chi connectivity index (χ0v) is 14.2. The number of hydrogen-bond acceptors (Lipinski definition) is 2. The summed E-state index contributed by atoms with van der Waals surface area (Å²) in [6, 6.07) is 5.34. The summed E-state index contributed by atoms with van der Waals surface area (Å²) in [5.41, 5.74) is 0.680. The van der Waals surface area contributed by atoms with E-state index < -0.39 is 0 Å². The van der Waals surface area contributed by atoms with Crippen molar-refractivity contribution < 1.29 is 9.13 Å². The van der Waals surface area contributed by atoms with Gasteiger partial charge in [0.1, 0.15) is 5.82 Å². The Balaban J connectivity index is 3.05. The molecule has 20 heavy (non-hydrogen) atoms. The lowest BCUT2D eigenvalue weighted by molar-refractivity contribution is 0.0267. The predicted molar refractivity (Wildman–Crippen MR) is 85.5 cm³/mol. The van der Waals surface area contributed by atoms with Crippen molar-refractivity contribution in [3.63, 3.8) is 0 Å². The summed E-state index contributed by atoms with van der Waals surface area (Å²) in [5, 5.41) is 3.44. The third-order valence-corrected chi connectivity index (χ3v) is 3.87. The molecule has 1 aromatic carbocycles. The van der Waals surface area contributed by atoms with Crippen molar-refractivity contribution in [2.45, 2.75) is 52.2 Å². The first-order valence-electron chi connectivity index (χ1n) is 7.44. The highest BCUT2D eigenvalue weighted by Crippen LogP contribution is 2.28. The molecular weight excluding hydrogens is 321 g/mol. The van der Waals surface area contributed by atoms with E-state index in [0.29, 0.717) is 16.6 Å². The van der Waals surface area contributed by atoms with Crippen molar-refractivity contribution in [3.8, 4) is 0 Å². The summed E-state index contributed by atoms with van der Waals surface area (Å²) in [7, 11) is 0. The molecule has 0 aromatic heterocycles. The fourth-order valence-electron chi connectivity index (χ4n) is 2.35. The van der Waals surface area contributed by atoms with E-state index in [4.69, 9.17) is 4.74 Å². The monoisotopic (exact) mass is 345 g/mol. The Hall–Kier alpha value is -0.450. The van der Waals surface area contributed by atoms with Crippen molar-refractivity contribution >= 4 is 15.9 Å². The molecule has 0 saturated heterocycles. The smallest absolute Gasteiger partial charge is 0.142 e. The number of hydrogen-bond donors (Lipinski definition) is 1. The molecule has 4 heteroatoms. The number of nitrogens with one attached hydrogen (secondary N) is 1. The molecular formula is C16H25BrFNO. The van der Waals surface area contributed by atoms with Crippen molar-refractivity contribution in [1.29, 1.82) is 0 Å². The molecule has 1 aromatic rings. The Bertz CT molecular complexity index is 394. The van der Waals surface area contributed by atoms with E-state index in [0.717, 1.165) is 25.8 Å². The van der Waals surface area contributed by atoms with Gasteiger partial charge in [-0.25, -0.2) is 4.39 Å². The number of ether oxygens (including phenoxy) is 1. The molecule has 114 valence electrons. The summed E-state index contributed by atoms with van der Waals surface area (Å²) in [5.74, 6) is -0.193. The molecule has 1 rings (SSSR count). The summed E-state index contributed by atoms with van der Waals surface area (Å²) >= 11 is 3.27. The van der Waals surface area contributed by atoms with Crippen molar-refractivity contribution in [2.24, 2.45) is 0 Å². The van der Waals surface area contributed by atoms with Crippen molar-refractivity contribution in [2.75, 3.05) is 13.2 Å². The number of benzene rings is 1. The molecule has 0 aliphatic carbocycles. The van der Waals surface area contributed by atoms with Gasteiger partial charge in [0.05, 0.1) is 16.6 Å². The maximum Gasteiger partial charge on any atom is 0.142 e. The van der Waals surface area contributed by atoms with Crippen LogP contribution in [0.3, 0.4) is 0 Å². The largest absolute Gasteiger partial charge is 0.377 e. The summed E-state index contributed by atoms with van der Waals surface area (Å²) in [4.78, 5) is 0. The van der Waals surface area contributed by atoms with Gasteiger partial charge in [-0.2, -0.15) is 0 Å². The molecule has 1 N–H and O–H groups in total. The van der Waals surface area contributed by atoms with Gasteiger partial charge >= 0.3 is 0 Å². The second-order valence-corrected chi connectivity index (χ2v) is 5.71. The fraction of sp³-hybridized carbons (Fsp3) is 0.625. The molecule has 0 fully saturated rings. The lowest BCUT2D eigenvalue weighted by atomic mass is 9.97. The van der Waals surface area contributed by atoms with Gasteiger partial charge in [0, 0.05) is 12.2 Å². The standard InChI is InChI=1S/C16H25BrFNO/c1-4-8-14(20-6-3)16(19-11-5-2)12-9-7-10-13(17)15(12)18/h7,9-10,14,16,19H,4-6,8,11H2,1-3H3. The zero-order chi connectivity index (χ0) is 15.0. The highest BCUT2D eigenvalue weighted by Gasteiger charge is 2.25. The van der Waals surface area contributed by atoms with Crippen LogP contribution in [0.15, 0.2) is 22.7 Å². The molecule has 2 nitrogen and oxygen atoms in total. The second kappa shape index (κ2) is 9.48. The van der Waals surface area contributed by atoms with Crippen LogP contribution in [0, 0.1) is 5.82 Å². The average Bonchev–Trinajstić information content (AvgIpc) is 2.44. The molecule has 0 heterocycles. The highest BCUT2D eigenvalue weighted by molar-refractivity contribution is 9.10. The topological polar surface area (TPSA) is 21.3 Å². The lowest BCUT2D eigenvalue weighted by Gasteiger charge is -2.29. The Kier molecular flexibility index (Phi) is 8.34. The Morgan fingerprint density at radius 1 is 1.25 bits per heavy atom. The van der Waals surface area contributed by atoms with Gasteiger partial charge in [0.15, 0.2) is 0 Å². The highest BCUT2D eigenvalue weighted by atomic mass is 79.9. The molecule has 0 bridgehead atoms. The molecule has 2 unspecified atom stereocenters. The van der Waals surface area contributed by atoms with E-state index in [1.807, 2.05) is 19.1 Å². The minimum Gasteiger partial charge on any atom is -0.377 e. The fourth-order valence-corrected chi connectivity index (χ4v) is 2.73. The molecule has 2 atom stereocenters. The number of rotatable bonds is 9. The first-order chi connectivity index (χ1) is 9.65. The van der Waals surface area contributed by atoms with Crippen molar-refractivity contribution in [3.05, 3.63) is 34.1 Å². The maximum atomic E-state index is 14.4. The van der Waals surface area contributed by atoms with Crippen LogP contribution in [-0.4, -0.2) is 19.3 Å². The van der Waals surface area contributed by atoms with E-state index in [9.17, 15) is 4.39 Å². The first-order valence-corrected chi connectivity index (χ1v) is 8.23. The Morgan fingerprint density at radius 3 is 2.60 bits per heavy atom. The van der Waals surface area contributed by atoms with Crippen LogP contribution < -0.4 is 5.32 Å². The van der Waals surface area contributed by atoms with E-state index in [2.05, 4.69) is 35.1 Å². The summed E-state index contributed by atoms with van der Waals surface area (Å²) in [6.45, 7) is 7.71. The SMILES string of the molecule is CCCNC(c1cccc(Br)c1F)C(CCC)OCC. The van der Waals surface area contributed by atoms with Crippen LogP contribution in [0.4, 0.5) is 4.39 Å². The molecule has 0 aliphatic rings. The van der Waals surface area contributed by atoms with E-state index in [1.165, 1.54) is 0 Å². The third-order valence-electron chi connectivity index (χ3n) is 3.26. The average molecular weight is 346 g/mol. The quantitative estimate of drug-likeness (QED) is 0.691. The van der Waals surface area contributed by atoms with Gasteiger partial charge in [-0.1, -0.05) is 32.4 Å². The first kappa shape index (κ1) is 17.6. The van der Waals surface area contributed by atoms with Crippen LogP contribution in [0.1, 0.15) is 51.6 Å². The van der Waals surface area contributed by atoms with Crippen LogP contribution in [-0.2, 0) is 4.74 Å². The zero-order valence-electron chi connectivity index (χ0n) is 12.6. The van der Waals surface area contributed by atoms with Crippen molar-refractivity contribution in [1.82, 2.24) is 5.32 Å². The van der Waals surface area contributed by atoms with Gasteiger partial charge < -0.3 is 10.1 Å². The lowest BCUT2D eigenvalue weighted by Crippen LogP contribution is -2.35. The van der Waals surface area contributed by atoms with Gasteiger partial charge in [0.25, 0.3) is 0 Å². The molecule has 0 aliphatic heterocycles. The van der Waals surface area contributed by atoms with Crippen LogP contribution in [0.2, 0.25) is 0 Å². The molecule has 0 amide bonds. The van der Waals surface area contributed by atoms with Crippen LogP contribution >= 0.6 is 15.9 Å². The molecule has 0 saturated carbocycles. The van der Waals surface area contributed by atoms with E-state index >= 15 is 0 Å². The molecule has 0 spiro atoms. The predicted octanol–water partition coefficient (Wildman–Crippen LogP) is 4.83. The Labute approximate surface area is 130 Å². The van der Waals surface area contributed by atoms with Crippen LogP contribution in [0.25, 0.3) is 0 Å². The Morgan fingerprint density at radius 2 is 2.00 bits per heavy atom. The van der Waals surface area contributed by atoms with Gasteiger partial charge in [-0.3, -0.25) is 0 Å². The van der Waals surface area contributed by atoms with Gasteiger partial charge in [-0.05, 0) is 48.3 Å². The normalized spacial score (nSPS) is 14.2. The third kappa shape index (κ3) is 4.83. The maximum absolute atomic E-state index is 14.4. The number of halogens is 2. The van der Waals surface area contributed by atoms with Crippen LogP contribution in [0.5, 0.6) is 0 Å². The second-order valence-electron chi connectivity index (χ2n) is 4.86. The molecule has 0 radical (unpaired) electrons. The van der Waals surface area contributed by atoms with Gasteiger partial charge in [-0.15, -0.1) is 0 Å². The van der Waals surface area contributed by atoms with Gasteiger partial charge in [0.2, 0.25) is 0 Å². The minimum absolute atomic E-state index is 0.000324. The summed E-state index contributed by atoms with van der Waals surface area (Å²) in [6.07, 6.45) is 2.95. The summed E-state index contributed by atoms with van der Waals surface area (Å²) < 4.78 is 20.7. The van der Waals surface area contributed by atoms with E-state index in [-0.39, 0.29) is 18.0 Å².